The summed E-state index contributed by atoms with van der Waals surface area (Å²) in [5.74, 6) is -1.97. The molecule has 0 aromatic rings. The maximum absolute atomic E-state index is 14.4. The Hall–Kier alpha value is -1.30. The van der Waals surface area contributed by atoms with Gasteiger partial charge in [-0.25, -0.2) is 12.7 Å². The summed E-state index contributed by atoms with van der Waals surface area (Å²) in [4.78, 5) is 42.7. The second kappa shape index (κ2) is 15.5. The molecule has 1 amide bonds. The quantitative estimate of drug-likeness (QED) is 0.113. The van der Waals surface area contributed by atoms with Crippen LogP contribution in [0.1, 0.15) is 93.4 Å². The number of ether oxygens (including phenoxy) is 1. The fourth-order valence-electron chi connectivity index (χ4n) is 6.51. The molecule has 1 aliphatic carbocycles. The number of amides is 1. The molecule has 1 heterocycles. The predicted octanol–water partition coefficient (Wildman–Crippen LogP) is 5.35. The van der Waals surface area contributed by atoms with Gasteiger partial charge in [-0.1, -0.05) is 73.0 Å². The Morgan fingerprint density at radius 3 is 2.23 bits per heavy atom. The van der Waals surface area contributed by atoms with Crippen molar-refractivity contribution >= 4 is 35.8 Å². The van der Waals surface area contributed by atoms with Crippen LogP contribution in [0.25, 0.3) is 0 Å². The van der Waals surface area contributed by atoms with Crippen LogP contribution < -0.4 is 0 Å². The molecule has 11 heteroatoms. The maximum atomic E-state index is 14.4. The first-order valence-corrected chi connectivity index (χ1v) is 22.1. The number of sulfonamides is 1. The molecule has 0 bridgehead atoms. The monoisotopic (exact) mass is 658 g/mol. The van der Waals surface area contributed by atoms with Crippen molar-refractivity contribution in [2.24, 2.45) is 29.1 Å². The zero-order chi connectivity index (χ0) is 33.7. The van der Waals surface area contributed by atoms with Gasteiger partial charge in [-0.3, -0.25) is 14.4 Å². The molecule has 256 valence electrons. The Balaban J connectivity index is 2.42. The summed E-state index contributed by atoms with van der Waals surface area (Å²) in [6.07, 6.45) is 4.66. The molecule has 2 fully saturated rings. The zero-order valence-corrected chi connectivity index (χ0v) is 31.1. The van der Waals surface area contributed by atoms with Crippen molar-refractivity contribution in [3.8, 4) is 0 Å². The first kappa shape index (κ1) is 38.9. The Morgan fingerprint density at radius 2 is 1.68 bits per heavy atom. The molecule has 1 saturated heterocycles. The van der Waals surface area contributed by atoms with E-state index in [-0.39, 0.29) is 66.6 Å². The number of carbonyl (C=O) groups is 3. The van der Waals surface area contributed by atoms with Crippen LogP contribution in [0.4, 0.5) is 0 Å². The van der Waals surface area contributed by atoms with E-state index >= 15 is 0 Å². The van der Waals surface area contributed by atoms with Gasteiger partial charge in [-0.15, -0.1) is 0 Å². The summed E-state index contributed by atoms with van der Waals surface area (Å²) < 4.78 is 34.6. The van der Waals surface area contributed by atoms with Gasteiger partial charge in [0.15, 0.2) is 5.78 Å². The van der Waals surface area contributed by atoms with Gasteiger partial charge in [-0.2, -0.15) is 0 Å². The first-order chi connectivity index (χ1) is 20.1. The van der Waals surface area contributed by atoms with Crippen LogP contribution in [0.3, 0.4) is 0 Å². The third-order valence-corrected chi connectivity index (χ3v) is 13.3. The fraction of sp³-hybridized carbons (Fsp3) is 0.909. The van der Waals surface area contributed by atoms with Crippen LogP contribution in [0.2, 0.25) is 25.7 Å². The van der Waals surface area contributed by atoms with Gasteiger partial charge >= 0.3 is 5.97 Å². The molecule has 0 radical (unpaired) electrons. The molecule has 44 heavy (non-hydrogen) atoms. The van der Waals surface area contributed by atoms with Gasteiger partial charge in [0.2, 0.25) is 15.9 Å². The maximum Gasteiger partial charge on any atom is 0.307 e. The zero-order valence-electron chi connectivity index (χ0n) is 29.3. The van der Waals surface area contributed by atoms with E-state index < -0.39 is 41.6 Å². The molecule has 9 nitrogen and oxygen atoms in total. The number of Topliss-reactive ketones (excluding diaryl/α,β-unsaturated/α-hetero) is 1. The molecule has 0 aromatic heterocycles. The second-order valence-corrected chi connectivity index (χ2v) is 23.9. The van der Waals surface area contributed by atoms with E-state index in [1.807, 2.05) is 6.92 Å². The molecule has 5 atom stereocenters. The molecular weight excluding hydrogens is 597 g/mol. The van der Waals surface area contributed by atoms with E-state index in [0.29, 0.717) is 25.6 Å². The van der Waals surface area contributed by atoms with Gasteiger partial charge in [0.1, 0.15) is 5.60 Å². The molecule has 1 N–H and O–H groups in total. The third-order valence-electron chi connectivity index (χ3n) is 9.30. The van der Waals surface area contributed by atoms with Crippen LogP contribution in [-0.2, 0) is 29.1 Å². The Morgan fingerprint density at radius 1 is 1.07 bits per heavy atom. The number of esters is 1. The second-order valence-electron chi connectivity index (χ2n) is 16.2. The summed E-state index contributed by atoms with van der Waals surface area (Å²) in [7, 11) is -5.35. The molecule has 0 spiro atoms. The van der Waals surface area contributed by atoms with Crippen molar-refractivity contribution in [2.45, 2.75) is 131 Å². The SMILES string of the molecule is CCCCCCCN(C[C@H](CC(=O)OC(C)(C)C)C(=O)N1C[C@H]2[C@@H]([C@H]1C(=O)C[C@@H](C)CO)C2(C)C)S(=O)(=O)CC[Si](C)(C)C. The van der Waals surface area contributed by atoms with E-state index in [1.54, 1.807) is 25.7 Å². The molecular formula is C33H62N2O7SSi. The van der Waals surface area contributed by atoms with Crippen LogP contribution >= 0.6 is 0 Å². The Kier molecular flexibility index (Phi) is 13.7. The number of hydrogen-bond donors (Lipinski definition) is 1. The van der Waals surface area contributed by atoms with E-state index in [4.69, 9.17) is 4.74 Å². The predicted molar refractivity (Wildman–Crippen MR) is 178 cm³/mol. The first-order valence-electron chi connectivity index (χ1n) is 16.8. The minimum atomic E-state index is -3.69. The normalized spacial score (nSPS) is 22.9. The highest BCUT2D eigenvalue weighted by Gasteiger charge is 2.69. The lowest BCUT2D eigenvalue weighted by Gasteiger charge is -2.35. The van der Waals surface area contributed by atoms with Gasteiger partial charge in [0.25, 0.3) is 0 Å². The van der Waals surface area contributed by atoms with Crippen LogP contribution in [0, 0.1) is 29.1 Å². The summed E-state index contributed by atoms with van der Waals surface area (Å²) in [6, 6.07) is -0.0279. The van der Waals surface area contributed by atoms with E-state index in [1.165, 1.54) is 4.31 Å². The summed E-state index contributed by atoms with van der Waals surface area (Å²) in [6.45, 7) is 20.4. The van der Waals surface area contributed by atoms with Gasteiger partial charge < -0.3 is 14.7 Å². The largest absolute Gasteiger partial charge is 0.460 e. The Bertz CT molecular complexity index is 1100. The van der Waals surface area contributed by atoms with E-state index in [2.05, 4.69) is 40.4 Å². The molecule has 1 aliphatic heterocycles. The number of aliphatic hydroxyl groups is 1. The van der Waals surface area contributed by atoms with Crippen LogP contribution in [0.5, 0.6) is 0 Å². The van der Waals surface area contributed by atoms with Gasteiger partial charge in [0.05, 0.1) is 24.1 Å². The Labute approximate surface area is 268 Å². The third kappa shape index (κ3) is 11.2. The number of rotatable bonds is 19. The molecule has 0 unspecified atom stereocenters. The van der Waals surface area contributed by atoms with Crippen molar-refractivity contribution in [1.82, 2.24) is 9.21 Å². The number of likely N-dealkylation sites (tertiary alicyclic amines) is 1. The minimum absolute atomic E-state index is 0.0159. The number of unbranched alkanes of at least 4 members (excludes halogenated alkanes) is 4. The highest BCUT2D eigenvalue weighted by Crippen LogP contribution is 2.65. The van der Waals surface area contributed by atoms with Gasteiger partial charge in [-0.05, 0) is 56.4 Å². The van der Waals surface area contributed by atoms with Crippen molar-refractivity contribution < 1.29 is 32.6 Å². The topological polar surface area (TPSA) is 121 Å². The summed E-state index contributed by atoms with van der Waals surface area (Å²) in [5.41, 5.74) is -0.837. The number of carbonyl (C=O) groups excluding carboxylic acids is 3. The molecule has 2 aliphatic rings. The van der Waals surface area contributed by atoms with Crippen LogP contribution in [-0.4, -0.2) is 92.1 Å². The highest BCUT2D eigenvalue weighted by atomic mass is 32.2. The smallest absolute Gasteiger partial charge is 0.307 e. The van der Waals surface area contributed by atoms with Crippen molar-refractivity contribution in [2.75, 3.05) is 32.0 Å². The average Bonchev–Trinajstić information content (AvgIpc) is 3.21. The summed E-state index contributed by atoms with van der Waals surface area (Å²) >= 11 is 0. The van der Waals surface area contributed by atoms with E-state index in [9.17, 15) is 27.9 Å². The van der Waals surface area contributed by atoms with Crippen molar-refractivity contribution in [3.05, 3.63) is 0 Å². The molecule has 1 saturated carbocycles. The lowest BCUT2D eigenvalue weighted by atomic mass is 9.92. The number of fused-ring (bicyclic) bond motifs is 1. The minimum Gasteiger partial charge on any atom is -0.460 e. The van der Waals surface area contributed by atoms with Crippen LogP contribution in [0.15, 0.2) is 0 Å². The van der Waals surface area contributed by atoms with Crippen molar-refractivity contribution in [3.63, 3.8) is 0 Å². The lowest BCUT2D eigenvalue weighted by Crippen LogP contribution is -2.51. The van der Waals surface area contributed by atoms with Crippen molar-refractivity contribution in [1.29, 1.82) is 0 Å². The summed E-state index contributed by atoms with van der Waals surface area (Å²) in [5, 5.41) is 9.60. The van der Waals surface area contributed by atoms with Gasteiger partial charge in [0, 0.05) is 40.7 Å². The number of nitrogens with zero attached hydrogens (tertiary/aromatic N) is 2. The average molecular weight is 659 g/mol. The lowest BCUT2D eigenvalue weighted by molar-refractivity contribution is -0.159. The number of ketones is 1. The molecule has 0 aromatic carbocycles. The fourth-order valence-corrected chi connectivity index (χ4v) is 11.1. The highest BCUT2D eigenvalue weighted by molar-refractivity contribution is 7.89. The number of aliphatic hydroxyl groups excluding tert-OH is 1. The number of hydrogen-bond acceptors (Lipinski definition) is 7. The van der Waals surface area contributed by atoms with E-state index in [0.717, 1.165) is 25.7 Å². The standard InChI is InChI=1S/C33H62N2O7SSi/c1-11-12-13-14-15-16-34(43(40,41)17-18-44(8,9)10)21-25(20-28(38)42-32(3,4)5)31(39)35-22-26-29(33(26,6)7)30(35)27(37)19-24(2)23-36/h24-26,29-30,36H,11-23H2,1-10H3/t24-,25+,26+,29+,30-/m1/s1. The number of piperidine rings is 1. The molecule has 2 rings (SSSR count).